The van der Waals surface area contributed by atoms with Gasteiger partial charge in [0.05, 0.1) is 12.7 Å². The summed E-state index contributed by atoms with van der Waals surface area (Å²) >= 11 is 0. The molecule has 1 aromatic rings. The van der Waals surface area contributed by atoms with Gasteiger partial charge in [-0.05, 0) is 30.0 Å². The van der Waals surface area contributed by atoms with Gasteiger partial charge in [-0.3, -0.25) is 0 Å². The van der Waals surface area contributed by atoms with E-state index >= 15 is 0 Å². The number of rotatable bonds is 1. The molecule has 0 heterocycles. The molecule has 4 heteroatoms. The number of hydrogen-bond donors (Lipinski definition) is 1. The molecule has 2 N–H and O–H groups in total. The van der Waals surface area contributed by atoms with Crippen molar-refractivity contribution in [3.05, 3.63) is 34.9 Å². The van der Waals surface area contributed by atoms with Crippen LogP contribution in [0.15, 0.2) is 18.2 Å². The first kappa shape index (κ1) is 12.0. The smallest absolute Gasteiger partial charge is 0.338 e. The molecule has 0 radical (unpaired) electrons. The van der Waals surface area contributed by atoms with Gasteiger partial charge < -0.3 is 10.5 Å². The van der Waals surface area contributed by atoms with Crippen LogP contribution in [-0.2, 0) is 17.6 Å². The van der Waals surface area contributed by atoms with Gasteiger partial charge >= 0.3 is 5.97 Å². The monoisotopic (exact) mass is 227 g/mol. The predicted octanol–water partition coefficient (Wildman–Crippen LogP) is 1.32. The molecule has 1 aromatic carbocycles. The molecule has 82 valence electrons. The Morgan fingerprint density at radius 1 is 1.47 bits per heavy atom. The predicted molar refractivity (Wildman–Crippen MR) is 60.4 cm³/mol. The largest absolute Gasteiger partial charge is 0.465 e. The van der Waals surface area contributed by atoms with Gasteiger partial charge in [0, 0.05) is 6.04 Å². The van der Waals surface area contributed by atoms with Gasteiger partial charge in [-0.1, -0.05) is 12.1 Å². The average molecular weight is 228 g/mol. The van der Waals surface area contributed by atoms with Crippen LogP contribution in [0.4, 0.5) is 0 Å². The van der Waals surface area contributed by atoms with Crippen LogP contribution >= 0.6 is 12.4 Å². The Morgan fingerprint density at radius 3 is 2.87 bits per heavy atom. The molecule has 0 aromatic heterocycles. The third-order valence-electron chi connectivity index (χ3n) is 2.63. The van der Waals surface area contributed by atoms with E-state index in [1.807, 2.05) is 12.1 Å². The molecule has 2 rings (SSSR count). The van der Waals surface area contributed by atoms with Crippen LogP contribution in [0.2, 0.25) is 0 Å². The number of methoxy groups -OCH3 is 1. The average Bonchev–Trinajstić information content (AvgIpc) is 2.56. The van der Waals surface area contributed by atoms with Gasteiger partial charge in [0.2, 0.25) is 0 Å². The highest BCUT2D eigenvalue weighted by molar-refractivity contribution is 5.91. The van der Waals surface area contributed by atoms with Crippen molar-refractivity contribution in [1.82, 2.24) is 0 Å². The highest BCUT2D eigenvalue weighted by Gasteiger charge is 2.23. The number of carbonyl (C=O) groups excluding carboxylic acids is 1. The van der Waals surface area contributed by atoms with E-state index in [4.69, 9.17) is 10.5 Å². The van der Waals surface area contributed by atoms with E-state index in [0.29, 0.717) is 5.56 Å². The van der Waals surface area contributed by atoms with E-state index in [0.717, 1.165) is 18.4 Å². The van der Waals surface area contributed by atoms with Crippen molar-refractivity contribution in [3.63, 3.8) is 0 Å². The Morgan fingerprint density at radius 2 is 2.20 bits per heavy atom. The van der Waals surface area contributed by atoms with Crippen LogP contribution in [0.3, 0.4) is 0 Å². The van der Waals surface area contributed by atoms with Crippen molar-refractivity contribution in [1.29, 1.82) is 0 Å². The van der Waals surface area contributed by atoms with Crippen LogP contribution in [-0.4, -0.2) is 19.1 Å². The van der Waals surface area contributed by atoms with E-state index in [1.165, 1.54) is 12.7 Å². The molecule has 0 fully saturated rings. The standard InChI is InChI=1S/C11H13NO2.ClH/c1-14-11(13)9-4-2-3-7-5-8(12)6-10(7)9;/h2-4,8H,5-6,12H2,1H3;1H. The first-order valence-corrected chi connectivity index (χ1v) is 4.67. The molecule has 0 spiro atoms. The number of ether oxygens (including phenoxy) is 1. The van der Waals surface area contributed by atoms with Crippen molar-refractivity contribution in [2.75, 3.05) is 7.11 Å². The normalized spacial score (nSPS) is 17.9. The second kappa shape index (κ2) is 4.64. The second-order valence-corrected chi connectivity index (χ2v) is 3.60. The lowest BCUT2D eigenvalue weighted by atomic mass is 10.0. The molecule has 15 heavy (non-hydrogen) atoms. The van der Waals surface area contributed by atoms with Gasteiger partial charge in [-0.2, -0.15) is 0 Å². The van der Waals surface area contributed by atoms with Crippen molar-refractivity contribution < 1.29 is 9.53 Å². The summed E-state index contributed by atoms with van der Waals surface area (Å²) < 4.78 is 4.72. The van der Waals surface area contributed by atoms with E-state index in [1.54, 1.807) is 6.07 Å². The molecule has 0 amide bonds. The fourth-order valence-electron chi connectivity index (χ4n) is 1.98. The number of hydrogen-bond acceptors (Lipinski definition) is 3. The Bertz CT molecular complexity index is 379. The van der Waals surface area contributed by atoms with Crippen molar-refractivity contribution in [2.45, 2.75) is 18.9 Å². The van der Waals surface area contributed by atoms with Crippen molar-refractivity contribution >= 4 is 18.4 Å². The minimum Gasteiger partial charge on any atom is -0.465 e. The summed E-state index contributed by atoms with van der Waals surface area (Å²) in [5, 5.41) is 0. The zero-order valence-electron chi connectivity index (χ0n) is 8.53. The third kappa shape index (κ3) is 2.13. The molecule has 3 nitrogen and oxygen atoms in total. The van der Waals surface area contributed by atoms with E-state index < -0.39 is 0 Å². The van der Waals surface area contributed by atoms with Gasteiger partial charge in [0.15, 0.2) is 0 Å². The molecule has 1 unspecified atom stereocenters. The van der Waals surface area contributed by atoms with E-state index in [-0.39, 0.29) is 24.4 Å². The molecule has 0 saturated heterocycles. The topological polar surface area (TPSA) is 52.3 Å². The first-order valence-electron chi connectivity index (χ1n) is 4.67. The second-order valence-electron chi connectivity index (χ2n) is 3.60. The molecular weight excluding hydrogens is 214 g/mol. The molecule has 0 aliphatic heterocycles. The zero-order chi connectivity index (χ0) is 10.1. The molecule has 1 atom stereocenters. The number of halogens is 1. The van der Waals surface area contributed by atoms with Crippen LogP contribution in [0, 0.1) is 0 Å². The summed E-state index contributed by atoms with van der Waals surface area (Å²) in [4.78, 5) is 11.4. The number of carbonyl (C=O) groups is 1. The first-order chi connectivity index (χ1) is 6.72. The molecule has 1 aliphatic rings. The van der Waals surface area contributed by atoms with E-state index in [9.17, 15) is 4.79 Å². The van der Waals surface area contributed by atoms with Gasteiger partial charge in [-0.25, -0.2) is 4.79 Å². The lowest BCUT2D eigenvalue weighted by Crippen LogP contribution is -2.19. The summed E-state index contributed by atoms with van der Waals surface area (Å²) in [7, 11) is 1.40. The van der Waals surface area contributed by atoms with Gasteiger partial charge in [0.1, 0.15) is 0 Å². The van der Waals surface area contributed by atoms with Gasteiger partial charge in [0.25, 0.3) is 0 Å². The maximum Gasteiger partial charge on any atom is 0.338 e. The fourth-order valence-corrected chi connectivity index (χ4v) is 1.98. The Kier molecular flexibility index (Phi) is 3.72. The van der Waals surface area contributed by atoms with Crippen LogP contribution in [0.1, 0.15) is 21.5 Å². The third-order valence-corrected chi connectivity index (χ3v) is 2.63. The number of esters is 1. The Hall–Kier alpha value is -1.06. The Balaban J connectivity index is 0.00000112. The summed E-state index contributed by atoms with van der Waals surface area (Å²) in [5.41, 5.74) is 8.75. The maximum absolute atomic E-state index is 11.4. The minimum atomic E-state index is -0.268. The molecular formula is C11H14ClNO2. The van der Waals surface area contributed by atoms with E-state index in [2.05, 4.69) is 0 Å². The van der Waals surface area contributed by atoms with Crippen LogP contribution in [0.25, 0.3) is 0 Å². The quantitative estimate of drug-likeness (QED) is 0.737. The van der Waals surface area contributed by atoms with Crippen molar-refractivity contribution in [2.24, 2.45) is 5.73 Å². The lowest BCUT2D eigenvalue weighted by Gasteiger charge is -2.05. The maximum atomic E-state index is 11.4. The zero-order valence-corrected chi connectivity index (χ0v) is 9.34. The fraction of sp³-hybridized carbons (Fsp3) is 0.364. The van der Waals surface area contributed by atoms with Crippen LogP contribution in [0.5, 0.6) is 0 Å². The SMILES string of the molecule is COC(=O)c1cccc2c1CC(N)C2.Cl. The number of nitrogens with two attached hydrogens (primary N) is 1. The minimum absolute atomic E-state index is 0. The molecule has 0 saturated carbocycles. The van der Waals surface area contributed by atoms with Crippen molar-refractivity contribution in [3.8, 4) is 0 Å². The highest BCUT2D eigenvalue weighted by Crippen LogP contribution is 2.25. The number of benzene rings is 1. The van der Waals surface area contributed by atoms with Gasteiger partial charge in [-0.15, -0.1) is 12.4 Å². The van der Waals surface area contributed by atoms with Crippen LogP contribution < -0.4 is 5.73 Å². The number of fused-ring (bicyclic) bond motifs is 1. The highest BCUT2D eigenvalue weighted by atomic mass is 35.5. The summed E-state index contributed by atoms with van der Waals surface area (Å²) in [6, 6.07) is 5.84. The Labute approximate surface area is 95.0 Å². The molecule has 1 aliphatic carbocycles. The molecule has 0 bridgehead atoms. The summed E-state index contributed by atoms with van der Waals surface area (Å²) in [6.07, 6.45) is 1.64. The summed E-state index contributed by atoms with van der Waals surface area (Å²) in [6.45, 7) is 0. The summed E-state index contributed by atoms with van der Waals surface area (Å²) in [5.74, 6) is -0.268. The lowest BCUT2D eigenvalue weighted by molar-refractivity contribution is 0.0599.